The van der Waals surface area contributed by atoms with E-state index in [4.69, 9.17) is 9.97 Å². The summed E-state index contributed by atoms with van der Waals surface area (Å²) in [6, 6.07) is 12.3. The fraction of sp³-hybridized carbons (Fsp3) is 0.143. The highest BCUT2D eigenvalue weighted by Crippen LogP contribution is 2.30. The molecule has 6 heteroatoms. The highest BCUT2D eigenvalue weighted by atomic mass is 15.3. The third kappa shape index (κ3) is 2.33. The zero-order chi connectivity index (χ0) is 18.5. The van der Waals surface area contributed by atoms with E-state index in [-0.39, 0.29) is 0 Å². The van der Waals surface area contributed by atoms with Gasteiger partial charge >= 0.3 is 0 Å². The fourth-order valence-electron chi connectivity index (χ4n) is 3.57. The molecule has 0 unspecified atom stereocenters. The maximum absolute atomic E-state index is 4.81. The average Bonchev–Trinajstić information content (AvgIpc) is 3.22. The largest absolute Gasteiger partial charge is 0.298 e. The number of aromatic nitrogens is 6. The van der Waals surface area contributed by atoms with Crippen molar-refractivity contribution in [2.24, 2.45) is 0 Å². The van der Waals surface area contributed by atoms with Crippen molar-refractivity contribution in [3.63, 3.8) is 0 Å². The quantitative estimate of drug-likeness (QED) is 0.480. The Kier molecular flexibility index (Phi) is 3.33. The van der Waals surface area contributed by atoms with E-state index in [1.54, 1.807) is 23.2 Å². The van der Waals surface area contributed by atoms with E-state index in [1.807, 2.05) is 12.1 Å². The molecule has 132 valence electrons. The maximum Gasteiger partial charge on any atom is 0.182 e. The Hall–Kier alpha value is -3.54. The molecule has 0 radical (unpaired) electrons. The SMILES string of the molecule is Cc1cccc(-n2c(C)c(C)c3c2ncn2nc(-c4ccncc4)nc32)c1. The minimum Gasteiger partial charge on any atom is -0.298 e. The molecule has 0 fully saturated rings. The van der Waals surface area contributed by atoms with Crippen LogP contribution in [0.25, 0.3) is 33.8 Å². The van der Waals surface area contributed by atoms with Gasteiger partial charge in [0.25, 0.3) is 0 Å². The molecule has 0 N–H and O–H groups in total. The number of hydrogen-bond donors (Lipinski definition) is 0. The van der Waals surface area contributed by atoms with Crippen molar-refractivity contribution in [3.8, 4) is 17.1 Å². The first-order valence-corrected chi connectivity index (χ1v) is 8.84. The summed E-state index contributed by atoms with van der Waals surface area (Å²) in [4.78, 5) is 13.6. The summed E-state index contributed by atoms with van der Waals surface area (Å²) < 4.78 is 3.95. The molecule has 0 amide bonds. The Morgan fingerprint density at radius 1 is 0.926 bits per heavy atom. The molecule has 4 heterocycles. The summed E-state index contributed by atoms with van der Waals surface area (Å²) in [6.45, 7) is 6.34. The first-order valence-electron chi connectivity index (χ1n) is 8.84. The van der Waals surface area contributed by atoms with Gasteiger partial charge in [0.1, 0.15) is 6.33 Å². The minimum atomic E-state index is 0.673. The van der Waals surface area contributed by atoms with Gasteiger partial charge in [-0.2, -0.15) is 0 Å². The smallest absolute Gasteiger partial charge is 0.182 e. The molecule has 0 aliphatic rings. The normalized spacial score (nSPS) is 11.5. The third-order valence-corrected chi connectivity index (χ3v) is 5.03. The van der Waals surface area contributed by atoms with Crippen LogP contribution in [0.5, 0.6) is 0 Å². The topological polar surface area (TPSA) is 60.9 Å². The van der Waals surface area contributed by atoms with E-state index < -0.39 is 0 Å². The zero-order valence-electron chi connectivity index (χ0n) is 15.4. The van der Waals surface area contributed by atoms with Gasteiger partial charge in [0.2, 0.25) is 0 Å². The van der Waals surface area contributed by atoms with Gasteiger partial charge in [-0.3, -0.25) is 9.55 Å². The van der Waals surface area contributed by atoms with Gasteiger partial charge in [-0.05, 0) is 56.2 Å². The number of nitrogens with zero attached hydrogens (tertiary/aromatic N) is 6. The van der Waals surface area contributed by atoms with Crippen LogP contribution in [0.3, 0.4) is 0 Å². The molecule has 0 aliphatic heterocycles. The van der Waals surface area contributed by atoms with Crippen LogP contribution >= 0.6 is 0 Å². The molecule has 0 atom stereocenters. The Bertz CT molecular complexity index is 1300. The fourth-order valence-corrected chi connectivity index (χ4v) is 3.57. The number of rotatable bonds is 2. The Labute approximate surface area is 156 Å². The number of hydrogen-bond acceptors (Lipinski definition) is 4. The van der Waals surface area contributed by atoms with Crippen molar-refractivity contribution >= 4 is 16.7 Å². The monoisotopic (exact) mass is 354 g/mol. The molecule has 0 saturated carbocycles. The summed E-state index contributed by atoms with van der Waals surface area (Å²) >= 11 is 0. The molecule has 5 aromatic rings. The van der Waals surface area contributed by atoms with Crippen molar-refractivity contribution < 1.29 is 0 Å². The van der Waals surface area contributed by atoms with Gasteiger partial charge in [0.15, 0.2) is 17.1 Å². The number of fused-ring (bicyclic) bond motifs is 3. The van der Waals surface area contributed by atoms with Crippen molar-refractivity contribution in [1.29, 1.82) is 0 Å². The molecule has 27 heavy (non-hydrogen) atoms. The lowest BCUT2D eigenvalue weighted by Crippen LogP contribution is -1.99. The summed E-state index contributed by atoms with van der Waals surface area (Å²) in [6.07, 6.45) is 5.23. The standard InChI is InChI=1S/C21H18N6/c1-13-5-4-6-17(11-13)27-15(3)14(2)18-20(27)23-12-26-21(18)24-19(25-26)16-7-9-22-10-8-16/h4-12H,1-3H3. The van der Waals surface area contributed by atoms with Crippen molar-refractivity contribution in [1.82, 2.24) is 29.1 Å². The van der Waals surface area contributed by atoms with Crippen LogP contribution < -0.4 is 0 Å². The summed E-state index contributed by atoms with van der Waals surface area (Å²) in [5, 5.41) is 5.64. The second-order valence-corrected chi connectivity index (χ2v) is 6.77. The number of pyridine rings is 1. The van der Waals surface area contributed by atoms with Gasteiger partial charge in [0.05, 0.1) is 5.39 Å². The second kappa shape index (κ2) is 5.74. The summed E-state index contributed by atoms with van der Waals surface area (Å²) in [7, 11) is 0. The lowest BCUT2D eigenvalue weighted by atomic mass is 10.2. The molecule has 0 saturated heterocycles. The summed E-state index contributed by atoms with van der Waals surface area (Å²) in [5.41, 5.74) is 7.30. The first kappa shape index (κ1) is 15.7. The highest BCUT2D eigenvalue weighted by molar-refractivity contribution is 5.95. The van der Waals surface area contributed by atoms with Crippen LogP contribution in [-0.2, 0) is 0 Å². The molecule has 0 bridgehead atoms. The Balaban J connectivity index is 1.82. The van der Waals surface area contributed by atoms with E-state index in [0.717, 1.165) is 33.6 Å². The second-order valence-electron chi connectivity index (χ2n) is 6.77. The first-order chi connectivity index (χ1) is 13.1. The number of aryl methyl sites for hydroxylation is 2. The molecule has 4 aromatic heterocycles. The molecular weight excluding hydrogens is 336 g/mol. The van der Waals surface area contributed by atoms with Crippen molar-refractivity contribution in [2.75, 3.05) is 0 Å². The number of benzene rings is 1. The van der Waals surface area contributed by atoms with Gasteiger partial charge in [-0.25, -0.2) is 14.5 Å². The molecule has 0 aliphatic carbocycles. The maximum atomic E-state index is 4.81. The highest BCUT2D eigenvalue weighted by Gasteiger charge is 2.19. The molecule has 6 nitrogen and oxygen atoms in total. The van der Waals surface area contributed by atoms with Crippen LogP contribution in [0, 0.1) is 20.8 Å². The molecular formula is C21H18N6. The zero-order valence-corrected chi connectivity index (χ0v) is 15.4. The molecule has 0 spiro atoms. The minimum absolute atomic E-state index is 0.673. The van der Waals surface area contributed by atoms with Gasteiger partial charge in [0, 0.05) is 29.3 Å². The predicted octanol–water partition coefficient (Wildman–Crippen LogP) is 4.06. The van der Waals surface area contributed by atoms with Crippen LogP contribution in [0.4, 0.5) is 0 Å². The third-order valence-electron chi connectivity index (χ3n) is 5.03. The van der Waals surface area contributed by atoms with Crippen molar-refractivity contribution in [3.05, 3.63) is 71.9 Å². The van der Waals surface area contributed by atoms with Crippen LogP contribution in [0.15, 0.2) is 55.1 Å². The van der Waals surface area contributed by atoms with Gasteiger partial charge in [-0.15, -0.1) is 5.10 Å². The van der Waals surface area contributed by atoms with E-state index in [1.165, 1.54) is 11.1 Å². The predicted molar refractivity (Wildman–Crippen MR) is 105 cm³/mol. The van der Waals surface area contributed by atoms with Gasteiger partial charge in [-0.1, -0.05) is 12.1 Å². The van der Waals surface area contributed by atoms with Crippen LogP contribution in [-0.4, -0.2) is 29.1 Å². The van der Waals surface area contributed by atoms with E-state index in [0.29, 0.717) is 5.82 Å². The van der Waals surface area contributed by atoms with E-state index in [2.05, 4.69) is 59.7 Å². The van der Waals surface area contributed by atoms with Crippen molar-refractivity contribution in [2.45, 2.75) is 20.8 Å². The molecule has 1 aromatic carbocycles. The van der Waals surface area contributed by atoms with Crippen LogP contribution in [0.2, 0.25) is 0 Å². The average molecular weight is 354 g/mol. The van der Waals surface area contributed by atoms with Gasteiger partial charge < -0.3 is 0 Å². The lowest BCUT2D eigenvalue weighted by Gasteiger charge is -2.08. The molecule has 5 rings (SSSR count). The van der Waals surface area contributed by atoms with Crippen LogP contribution in [0.1, 0.15) is 16.8 Å². The Morgan fingerprint density at radius 3 is 2.52 bits per heavy atom. The van der Waals surface area contributed by atoms with E-state index >= 15 is 0 Å². The lowest BCUT2D eigenvalue weighted by molar-refractivity contribution is 0.926. The van der Waals surface area contributed by atoms with E-state index in [9.17, 15) is 0 Å². The summed E-state index contributed by atoms with van der Waals surface area (Å²) in [5.74, 6) is 0.673. The Morgan fingerprint density at radius 2 is 1.74 bits per heavy atom.